The van der Waals surface area contributed by atoms with Gasteiger partial charge in [-0.1, -0.05) is 12.1 Å². The van der Waals surface area contributed by atoms with Gasteiger partial charge in [0.25, 0.3) is 5.91 Å². The van der Waals surface area contributed by atoms with Gasteiger partial charge in [-0.05, 0) is 49.9 Å². The molecule has 0 bridgehead atoms. The molecule has 0 saturated carbocycles. The first-order chi connectivity index (χ1) is 12.6. The Balaban J connectivity index is 1.52. The van der Waals surface area contributed by atoms with Crippen LogP contribution in [0.3, 0.4) is 0 Å². The molecule has 1 aromatic carbocycles. The van der Waals surface area contributed by atoms with Gasteiger partial charge in [0.2, 0.25) is 0 Å². The van der Waals surface area contributed by atoms with Gasteiger partial charge >= 0.3 is 0 Å². The van der Waals surface area contributed by atoms with Crippen molar-refractivity contribution in [1.82, 2.24) is 4.98 Å². The van der Waals surface area contributed by atoms with Crippen molar-refractivity contribution in [3.05, 3.63) is 53.3 Å². The first kappa shape index (κ1) is 18.4. The fourth-order valence-corrected chi connectivity index (χ4v) is 2.91. The molecule has 1 aromatic heterocycles. The average Bonchev–Trinajstić information content (AvgIpc) is 3.14. The number of aromatic nitrogens is 1. The first-order valence-corrected chi connectivity index (χ1v) is 8.91. The molecule has 6 nitrogen and oxygen atoms in total. The first-order valence-electron chi connectivity index (χ1n) is 8.91. The number of carbonyl (C=O) groups is 2. The number of amides is 1. The van der Waals surface area contributed by atoms with Crippen molar-refractivity contribution in [2.24, 2.45) is 0 Å². The average molecular weight is 356 g/mol. The van der Waals surface area contributed by atoms with Gasteiger partial charge < -0.3 is 19.8 Å². The van der Waals surface area contributed by atoms with Crippen molar-refractivity contribution < 1.29 is 19.1 Å². The molecule has 26 heavy (non-hydrogen) atoms. The summed E-state index contributed by atoms with van der Waals surface area (Å²) in [4.78, 5) is 26.4. The van der Waals surface area contributed by atoms with Crippen LogP contribution in [0.2, 0.25) is 0 Å². The Bertz CT molecular complexity index is 763. The number of nitrogens with one attached hydrogen (secondary N) is 2. The van der Waals surface area contributed by atoms with Gasteiger partial charge in [-0.3, -0.25) is 9.59 Å². The molecule has 1 aliphatic rings. The van der Waals surface area contributed by atoms with Crippen molar-refractivity contribution in [3.8, 4) is 0 Å². The molecular formula is C20H24N2O4. The van der Waals surface area contributed by atoms with E-state index in [1.165, 1.54) is 19.5 Å². The summed E-state index contributed by atoms with van der Waals surface area (Å²) >= 11 is 0. The van der Waals surface area contributed by atoms with E-state index in [0.29, 0.717) is 30.2 Å². The van der Waals surface area contributed by atoms with Crippen LogP contribution >= 0.6 is 0 Å². The molecule has 2 heterocycles. The quantitative estimate of drug-likeness (QED) is 0.744. The van der Waals surface area contributed by atoms with Gasteiger partial charge in [-0.25, -0.2) is 0 Å². The minimum atomic E-state index is -0.286. The molecule has 0 aliphatic carbocycles. The number of ether oxygens (including phenoxy) is 2. The molecule has 2 N–H and O–H groups in total. The lowest BCUT2D eigenvalue weighted by molar-refractivity contribution is -0.0447. The van der Waals surface area contributed by atoms with Crippen molar-refractivity contribution in [2.45, 2.75) is 38.9 Å². The molecule has 1 aliphatic heterocycles. The largest absolute Gasteiger partial charge is 0.376 e. The molecule has 138 valence electrons. The smallest absolute Gasteiger partial charge is 0.272 e. The lowest BCUT2D eigenvalue weighted by Crippen LogP contribution is -2.24. The van der Waals surface area contributed by atoms with Crippen molar-refractivity contribution in [2.75, 3.05) is 18.5 Å². The molecule has 0 radical (unpaired) electrons. The van der Waals surface area contributed by atoms with E-state index in [1.807, 2.05) is 24.3 Å². The summed E-state index contributed by atoms with van der Waals surface area (Å²) in [5.41, 5.74) is 2.51. The second-order valence-electron chi connectivity index (χ2n) is 6.52. The van der Waals surface area contributed by atoms with Gasteiger partial charge in [-0.15, -0.1) is 0 Å². The fourth-order valence-electron chi connectivity index (χ4n) is 2.91. The fraction of sp³-hybridized carbons (Fsp3) is 0.400. The second kappa shape index (κ2) is 8.78. The zero-order valence-electron chi connectivity index (χ0n) is 14.9. The van der Waals surface area contributed by atoms with Crippen molar-refractivity contribution >= 4 is 17.4 Å². The highest BCUT2D eigenvalue weighted by atomic mass is 16.5. The summed E-state index contributed by atoms with van der Waals surface area (Å²) in [6.07, 6.45) is 5.10. The third-order valence-corrected chi connectivity index (χ3v) is 4.37. The number of aromatic amines is 1. The van der Waals surface area contributed by atoms with E-state index in [1.54, 1.807) is 6.07 Å². The summed E-state index contributed by atoms with van der Waals surface area (Å²) in [6.45, 7) is 3.35. The van der Waals surface area contributed by atoms with E-state index in [2.05, 4.69) is 10.3 Å². The summed E-state index contributed by atoms with van der Waals surface area (Å²) in [5.74, 6) is -0.368. The number of rotatable bonds is 7. The molecular weight excluding hydrogens is 332 g/mol. The maximum absolute atomic E-state index is 12.3. The molecule has 1 unspecified atom stereocenters. The summed E-state index contributed by atoms with van der Waals surface area (Å²) in [7, 11) is 0. The number of ketones is 1. The van der Waals surface area contributed by atoms with E-state index >= 15 is 0 Å². The SMILES string of the molecule is CC(=O)c1c[nH]c(C(=O)Nc2cccc(COCC3CCCCO3)c2)c1. The molecule has 6 heteroatoms. The third kappa shape index (κ3) is 5.03. The van der Waals surface area contributed by atoms with Crippen LogP contribution in [0.15, 0.2) is 36.5 Å². The normalized spacial score (nSPS) is 17.0. The second-order valence-corrected chi connectivity index (χ2v) is 6.52. The number of benzene rings is 1. The zero-order chi connectivity index (χ0) is 18.4. The zero-order valence-corrected chi connectivity index (χ0v) is 14.9. The Hall–Kier alpha value is -2.44. The summed E-state index contributed by atoms with van der Waals surface area (Å²) in [5, 5.41) is 2.83. The van der Waals surface area contributed by atoms with Crippen LogP contribution in [0, 0.1) is 0 Å². The van der Waals surface area contributed by atoms with Gasteiger partial charge in [0.15, 0.2) is 5.78 Å². The minimum absolute atomic E-state index is 0.0820. The number of hydrogen-bond donors (Lipinski definition) is 2. The van der Waals surface area contributed by atoms with E-state index in [-0.39, 0.29) is 17.8 Å². The van der Waals surface area contributed by atoms with E-state index in [9.17, 15) is 9.59 Å². The maximum Gasteiger partial charge on any atom is 0.272 e. The Kier molecular flexibility index (Phi) is 6.20. The Labute approximate surface area is 152 Å². The predicted octanol–water partition coefficient (Wildman–Crippen LogP) is 3.56. The lowest BCUT2D eigenvalue weighted by atomic mass is 10.1. The molecule has 1 fully saturated rings. The number of anilines is 1. The number of hydrogen-bond acceptors (Lipinski definition) is 4. The van der Waals surface area contributed by atoms with Gasteiger partial charge in [0, 0.05) is 24.1 Å². The molecule has 3 rings (SSSR count). The highest BCUT2D eigenvalue weighted by Gasteiger charge is 2.14. The van der Waals surface area contributed by atoms with Crippen LogP contribution in [-0.4, -0.2) is 36.0 Å². The maximum atomic E-state index is 12.3. The van der Waals surface area contributed by atoms with E-state index < -0.39 is 0 Å². The summed E-state index contributed by atoms with van der Waals surface area (Å²) < 4.78 is 11.4. The van der Waals surface area contributed by atoms with Crippen molar-refractivity contribution in [3.63, 3.8) is 0 Å². The highest BCUT2D eigenvalue weighted by Crippen LogP contribution is 2.16. The minimum Gasteiger partial charge on any atom is -0.376 e. The number of Topliss-reactive ketones (excluding diaryl/α,β-unsaturated/α-hetero) is 1. The van der Waals surface area contributed by atoms with E-state index in [0.717, 1.165) is 25.0 Å². The van der Waals surface area contributed by atoms with Crippen LogP contribution in [0.4, 0.5) is 5.69 Å². The monoisotopic (exact) mass is 356 g/mol. The number of H-pyrrole nitrogens is 1. The van der Waals surface area contributed by atoms with Gasteiger partial charge in [0.05, 0.1) is 19.3 Å². The van der Waals surface area contributed by atoms with Crippen LogP contribution in [0.1, 0.15) is 52.6 Å². The summed E-state index contributed by atoms with van der Waals surface area (Å²) in [6, 6.07) is 9.09. The van der Waals surface area contributed by atoms with E-state index in [4.69, 9.17) is 9.47 Å². The predicted molar refractivity (Wildman–Crippen MR) is 98.4 cm³/mol. The number of carbonyl (C=O) groups excluding carboxylic acids is 2. The highest BCUT2D eigenvalue weighted by molar-refractivity contribution is 6.05. The molecule has 2 aromatic rings. The molecule has 1 atom stereocenters. The molecule has 1 amide bonds. The molecule has 0 spiro atoms. The van der Waals surface area contributed by atoms with Gasteiger partial charge in [0.1, 0.15) is 5.69 Å². The van der Waals surface area contributed by atoms with Crippen LogP contribution < -0.4 is 5.32 Å². The van der Waals surface area contributed by atoms with Crippen LogP contribution in [0.25, 0.3) is 0 Å². The topological polar surface area (TPSA) is 80.4 Å². The van der Waals surface area contributed by atoms with Crippen LogP contribution in [0.5, 0.6) is 0 Å². The Morgan fingerprint density at radius 1 is 1.31 bits per heavy atom. The van der Waals surface area contributed by atoms with Gasteiger partial charge in [-0.2, -0.15) is 0 Å². The van der Waals surface area contributed by atoms with Crippen LogP contribution in [-0.2, 0) is 16.1 Å². The van der Waals surface area contributed by atoms with Crippen molar-refractivity contribution in [1.29, 1.82) is 0 Å². The Morgan fingerprint density at radius 3 is 2.92 bits per heavy atom. The lowest BCUT2D eigenvalue weighted by Gasteiger charge is -2.22. The standard InChI is InChI=1S/C20H24N2O4/c1-14(23)16-10-19(21-11-16)20(24)22-17-6-4-5-15(9-17)12-25-13-18-7-2-3-8-26-18/h4-6,9-11,18,21H,2-3,7-8,12-13H2,1H3,(H,22,24). The third-order valence-electron chi connectivity index (χ3n) is 4.37. The Morgan fingerprint density at radius 2 is 2.19 bits per heavy atom. The molecule has 1 saturated heterocycles.